The maximum atomic E-state index is 5.63. The van der Waals surface area contributed by atoms with Gasteiger partial charge in [0.15, 0.2) is 11.5 Å². The van der Waals surface area contributed by atoms with E-state index in [4.69, 9.17) is 9.47 Å². The Balaban J connectivity index is 1.72. The van der Waals surface area contributed by atoms with Crippen molar-refractivity contribution < 1.29 is 9.47 Å². The van der Waals surface area contributed by atoms with Crippen LogP contribution >= 0.6 is 11.3 Å². The summed E-state index contributed by atoms with van der Waals surface area (Å²) in [5, 5.41) is 6.67. The normalized spacial score (nSPS) is 16.7. The Hall–Kier alpha value is -1.59. The van der Waals surface area contributed by atoms with E-state index in [1.807, 2.05) is 17.6 Å². The summed E-state index contributed by atoms with van der Waals surface area (Å²) in [5.41, 5.74) is 1.19. The highest BCUT2D eigenvalue weighted by atomic mass is 32.1. The minimum atomic E-state index is 0.227. The molecular weight excluding hydrogens is 272 g/mol. The Morgan fingerprint density at radius 1 is 1.15 bits per heavy atom. The largest absolute Gasteiger partial charge is 0.486 e. The summed E-state index contributed by atoms with van der Waals surface area (Å²) in [7, 11) is 0. The highest BCUT2D eigenvalue weighted by molar-refractivity contribution is 7.09. The lowest BCUT2D eigenvalue weighted by Crippen LogP contribution is -2.23. The van der Waals surface area contributed by atoms with Crippen molar-refractivity contribution in [1.82, 2.24) is 10.3 Å². The Morgan fingerprint density at radius 3 is 2.70 bits per heavy atom. The van der Waals surface area contributed by atoms with Gasteiger partial charge >= 0.3 is 0 Å². The van der Waals surface area contributed by atoms with E-state index >= 15 is 0 Å². The van der Waals surface area contributed by atoms with Gasteiger partial charge in [0.2, 0.25) is 0 Å². The van der Waals surface area contributed by atoms with Gasteiger partial charge in [-0.05, 0) is 31.5 Å². The Kier molecular flexibility index (Phi) is 3.89. The van der Waals surface area contributed by atoms with E-state index in [0.29, 0.717) is 13.2 Å². The van der Waals surface area contributed by atoms with Crippen molar-refractivity contribution in [2.75, 3.05) is 13.2 Å². The summed E-state index contributed by atoms with van der Waals surface area (Å²) in [5.74, 6) is 1.67. The number of rotatable bonds is 4. The second kappa shape index (κ2) is 5.81. The number of hydrogen-bond acceptors (Lipinski definition) is 5. The van der Waals surface area contributed by atoms with Gasteiger partial charge in [0, 0.05) is 17.6 Å². The van der Waals surface area contributed by atoms with Gasteiger partial charge in [-0.3, -0.25) is 0 Å². The molecule has 2 unspecified atom stereocenters. The summed E-state index contributed by atoms with van der Waals surface area (Å²) >= 11 is 1.67. The molecular formula is C15H18N2O2S. The van der Waals surface area contributed by atoms with Crippen LogP contribution in [0, 0.1) is 0 Å². The molecule has 2 heterocycles. The zero-order chi connectivity index (χ0) is 13.9. The lowest BCUT2D eigenvalue weighted by molar-refractivity contribution is 0.171. The third kappa shape index (κ3) is 2.78. The zero-order valence-corrected chi connectivity index (χ0v) is 12.4. The van der Waals surface area contributed by atoms with Crippen LogP contribution in [0.5, 0.6) is 11.5 Å². The second-order valence-electron chi connectivity index (χ2n) is 4.88. The summed E-state index contributed by atoms with van der Waals surface area (Å²) in [6.07, 6.45) is 1.84. The Morgan fingerprint density at radius 2 is 1.95 bits per heavy atom. The molecule has 3 rings (SSSR count). The van der Waals surface area contributed by atoms with Crippen LogP contribution in [-0.4, -0.2) is 18.2 Å². The monoisotopic (exact) mass is 290 g/mol. The van der Waals surface area contributed by atoms with Crippen LogP contribution in [-0.2, 0) is 0 Å². The molecule has 1 aliphatic rings. The van der Waals surface area contributed by atoms with E-state index in [2.05, 4.69) is 36.3 Å². The number of fused-ring (bicyclic) bond motifs is 1. The summed E-state index contributed by atoms with van der Waals surface area (Å²) in [6.45, 7) is 5.53. The maximum Gasteiger partial charge on any atom is 0.161 e. The lowest BCUT2D eigenvalue weighted by atomic mass is 10.1. The van der Waals surface area contributed by atoms with E-state index in [1.54, 1.807) is 11.3 Å². The molecule has 0 spiro atoms. The van der Waals surface area contributed by atoms with Crippen molar-refractivity contribution in [3.63, 3.8) is 0 Å². The first-order valence-corrected chi connectivity index (χ1v) is 7.67. The van der Waals surface area contributed by atoms with Crippen LogP contribution in [0.2, 0.25) is 0 Å². The third-order valence-electron chi connectivity index (χ3n) is 3.39. The number of nitrogens with zero attached hydrogens (tertiary/aromatic N) is 1. The number of ether oxygens (including phenoxy) is 2. The van der Waals surface area contributed by atoms with Crippen molar-refractivity contribution in [1.29, 1.82) is 0 Å². The van der Waals surface area contributed by atoms with Crippen LogP contribution < -0.4 is 14.8 Å². The predicted octanol–water partition coefficient (Wildman–Crippen LogP) is 3.33. The average Bonchev–Trinajstić information content (AvgIpc) is 3.01. The molecule has 2 aromatic rings. The van der Waals surface area contributed by atoms with Gasteiger partial charge < -0.3 is 14.8 Å². The van der Waals surface area contributed by atoms with Crippen LogP contribution in [0.25, 0.3) is 0 Å². The first-order chi connectivity index (χ1) is 9.74. The van der Waals surface area contributed by atoms with Gasteiger partial charge in [0.05, 0.1) is 6.04 Å². The van der Waals surface area contributed by atoms with Gasteiger partial charge in [-0.2, -0.15) is 0 Å². The summed E-state index contributed by atoms with van der Waals surface area (Å²) in [4.78, 5) is 4.34. The number of aromatic nitrogens is 1. The molecule has 20 heavy (non-hydrogen) atoms. The lowest BCUT2D eigenvalue weighted by Gasteiger charge is -2.22. The number of benzene rings is 1. The van der Waals surface area contributed by atoms with Crippen molar-refractivity contribution in [2.45, 2.75) is 25.9 Å². The molecule has 0 fully saturated rings. The molecule has 0 bridgehead atoms. The van der Waals surface area contributed by atoms with E-state index in [1.165, 1.54) is 5.56 Å². The summed E-state index contributed by atoms with van der Waals surface area (Å²) in [6, 6.07) is 6.58. The second-order valence-corrected chi connectivity index (χ2v) is 5.81. The number of nitrogens with one attached hydrogen (secondary N) is 1. The maximum absolute atomic E-state index is 5.63. The van der Waals surface area contributed by atoms with Crippen molar-refractivity contribution in [3.8, 4) is 11.5 Å². The molecule has 0 saturated carbocycles. The fraction of sp³-hybridized carbons (Fsp3) is 0.400. The van der Waals surface area contributed by atoms with Crippen LogP contribution in [0.3, 0.4) is 0 Å². The van der Waals surface area contributed by atoms with Gasteiger partial charge in [-0.1, -0.05) is 6.07 Å². The molecule has 0 amide bonds. The quantitative estimate of drug-likeness (QED) is 0.938. The highest BCUT2D eigenvalue weighted by Crippen LogP contribution is 2.33. The first kappa shape index (κ1) is 13.4. The molecule has 2 atom stereocenters. The minimum Gasteiger partial charge on any atom is -0.486 e. The molecule has 4 nitrogen and oxygen atoms in total. The van der Waals surface area contributed by atoms with Gasteiger partial charge in [0.1, 0.15) is 18.2 Å². The van der Waals surface area contributed by atoms with Gasteiger partial charge in [0.25, 0.3) is 0 Å². The molecule has 1 N–H and O–H groups in total. The summed E-state index contributed by atoms with van der Waals surface area (Å²) < 4.78 is 11.2. The predicted molar refractivity (Wildman–Crippen MR) is 79.5 cm³/mol. The van der Waals surface area contributed by atoms with E-state index in [9.17, 15) is 0 Å². The highest BCUT2D eigenvalue weighted by Gasteiger charge is 2.16. The van der Waals surface area contributed by atoms with E-state index in [0.717, 1.165) is 16.5 Å². The van der Waals surface area contributed by atoms with Crippen molar-refractivity contribution in [3.05, 3.63) is 40.3 Å². The van der Waals surface area contributed by atoms with Crippen molar-refractivity contribution >= 4 is 11.3 Å². The Bertz CT molecular complexity index is 571. The van der Waals surface area contributed by atoms with Gasteiger partial charge in [-0.25, -0.2) is 4.98 Å². The minimum absolute atomic E-state index is 0.227. The van der Waals surface area contributed by atoms with Crippen LogP contribution in [0.4, 0.5) is 0 Å². The van der Waals surface area contributed by atoms with Crippen LogP contribution in [0.15, 0.2) is 29.8 Å². The first-order valence-electron chi connectivity index (χ1n) is 6.79. The standard InChI is InChI=1S/C15H18N2O2S/c1-10(17-11(2)15-16-5-8-20-15)12-3-4-13-14(9-12)19-7-6-18-13/h3-5,8-11,17H,6-7H2,1-2H3. The van der Waals surface area contributed by atoms with E-state index < -0.39 is 0 Å². The number of hydrogen-bond donors (Lipinski definition) is 1. The SMILES string of the molecule is CC(NC(C)c1nccs1)c1ccc2c(c1)OCCO2. The fourth-order valence-electron chi connectivity index (χ4n) is 2.32. The Labute approximate surface area is 122 Å². The molecule has 0 aliphatic carbocycles. The topological polar surface area (TPSA) is 43.4 Å². The zero-order valence-electron chi connectivity index (χ0n) is 11.6. The van der Waals surface area contributed by atoms with Crippen molar-refractivity contribution in [2.24, 2.45) is 0 Å². The van der Waals surface area contributed by atoms with E-state index in [-0.39, 0.29) is 12.1 Å². The smallest absolute Gasteiger partial charge is 0.161 e. The molecule has 1 aliphatic heterocycles. The molecule has 5 heteroatoms. The van der Waals surface area contributed by atoms with Gasteiger partial charge in [-0.15, -0.1) is 11.3 Å². The molecule has 106 valence electrons. The molecule has 1 aromatic carbocycles. The molecule has 0 radical (unpaired) electrons. The average molecular weight is 290 g/mol. The third-order valence-corrected chi connectivity index (χ3v) is 4.35. The number of thiazole rings is 1. The fourth-order valence-corrected chi connectivity index (χ4v) is 2.98. The van der Waals surface area contributed by atoms with Crippen LogP contribution in [0.1, 0.15) is 36.5 Å². The molecule has 1 aromatic heterocycles. The molecule has 0 saturated heterocycles.